The van der Waals surface area contributed by atoms with Gasteiger partial charge in [0.15, 0.2) is 5.69 Å². The van der Waals surface area contributed by atoms with Gasteiger partial charge >= 0.3 is 5.97 Å². The molecule has 0 atom stereocenters. The second-order valence-corrected chi connectivity index (χ2v) is 4.99. The number of thiazole rings is 1. The number of rotatable bonds is 6. The molecule has 0 bridgehead atoms. The van der Waals surface area contributed by atoms with Crippen molar-refractivity contribution >= 4 is 23.2 Å². The molecule has 0 aliphatic heterocycles. The lowest BCUT2D eigenvalue weighted by molar-refractivity contribution is -0.120. The van der Waals surface area contributed by atoms with E-state index in [2.05, 4.69) is 15.4 Å². The minimum absolute atomic E-state index is 0.000868. The van der Waals surface area contributed by atoms with Gasteiger partial charge in [0.05, 0.1) is 18.7 Å². The van der Waals surface area contributed by atoms with Crippen LogP contribution in [-0.4, -0.2) is 31.7 Å². The largest absolute Gasteiger partial charge is 0.476 e. The maximum Gasteiger partial charge on any atom is 0.355 e. The van der Waals surface area contributed by atoms with E-state index in [1.54, 1.807) is 10.7 Å². The molecule has 2 heterocycles. The van der Waals surface area contributed by atoms with E-state index in [1.165, 1.54) is 16.7 Å². The van der Waals surface area contributed by atoms with Crippen molar-refractivity contribution in [3.05, 3.63) is 34.0 Å². The molecular weight excluding hydrogens is 280 g/mol. The van der Waals surface area contributed by atoms with Crippen LogP contribution in [0.15, 0.2) is 17.6 Å². The van der Waals surface area contributed by atoms with E-state index in [1.807, 2.05) is 13.1 Å². The third-order valence-electron chi connectivity index (χ3n) is 2.57. The highest BCUT2D eigenvalue weighted by atomic mass is 32.1. The molecule has 0 spiro atoms. The second-order valence-electron chi connectivity index (χ2n) is 4.05. The molecule has 0 saturated heterocycles. The van der Waals surface area contributed by atoms with Crippen LogP contribution < -0.4 is 5.32 Å². The van der Waals surface area contributed by atoms with Crippen molar-refractivity contribution in [2.24, 2.45) is 0 Å². The number of hydrogen-bond acceptors (Lipinski definition) is 5. The van der Waals surface area contributed by atoms with E-state index in [0.717, 1.165) is 6.54 Å². The Labute approximate surface area is 119 Å². The van der Waals surface area contributed by atoms with Crippen LogP contribution in [0.5, 0.6) is 0 Å². The number of carboxylic acid groups (broad SMARTS) is 1. The Morgan fingerprint density at radius 3 is 2.90 bits per heavy atom. The van der Waals surface area contributed by atoms with Crippen LogP contribution in [0.1, 0.15) is 28.1 Å². The monoisotopic (exact) mass is 294 g/mol. The molecule has 1 amide bonds. The van der Waals surface area contributed by atoms with Crippen LogP contribution >= 0.6 is 11.3 Å². The molecule has 20 heavy (non-hydrogen) atoms. The van der Waals surface area contributed by atoms with Crippen LogP contribution in [0, 0.1) is 0 Å². The summed E-state index contributed by atoms with van der Waals surface area (Å²) in [6, 6.07) is 1.80. The summed E-state index contributed by atoms with van der Waals surface area (Å²) in [5, 5.41) is 17.7. The van der Waals surface area contributed by atoms with E-state index >= 15 is 0 Å². The maximum atomic E-state index is 11.7. The summed E-state index contributed by atoms with van der Waals surface area (Å²) in [5.74, 6) is -1.23. The molecule has 106 valence electrons. The zero-order valence-electron chi connectivity index (χ0n) is 10.9. The highest BCUT2D eigenvalue weighted by Crippen LogP contribution is 2.09. The van der Waals surface area contributed by atoms with Gasteiger partial charge in [-0.3, -0.25) is 9.48 Å². The molecule has 2 rings (SSSR count). The van der Waals surface area contributed by atoms with Crippen molar-refractivity contribution in [2.75, 3.05) is 0 Å². The van der Waals surface area contributed by atoms with E-state index in [-0.39, 0.29) is 24.6 Å². The van der Waals surface area contributed by atoms with Crippen molar-refractivity contribution in [1.82, 2.24) is 20.1 Å². The Kier molecular flexibility index (Phi) is 4.46. The number of hydrogen-bond donors (Lipinski definition) is 2. The molecule has 2 aromatic rings. The Balaban J connectivity index is 1.83. The van der Waals surface area contributed by atoms with Gasteiger partial charge in [-0.15, -0.1) is 11.3 Å². The van der Waals surface area contributed by atoms with Crippen LogP contribution in [0.3, 0.4) is 0 Å². The predicted molar refractivity (Wildman–Crippen MR) is 72.5 cm³/mol. The van der Waals surface area contributed by atoms with E-state index < -0.39 is 5.97 Å². The number of carbonyl (C=O) groups is 2. The molecule has 8 heteroatoms. The van der Waals surface area contributed by atoms with Gasteiger partial charge in [-0.1, -0.05) is 0 Å². The lowest BCUT2D eigenvalue weighted by atomic mass is 10.3. The number of nitrogens with zero attached hydrogens (tertiary/aromatic N) is 3. The molecule has 0 unspecified atom stereocenters. The van der Waals surface area contributed by atoms with Gasteiger partial charge in [-0.25, -0.2) is 9.78 Å². The van der Waals surface area contributed by atoms with Crippen molar-refractivity contribution in [2.45, 2.75) is 26.4 Å². The molecule has 2 N–H and O–H groups in total. The molecule has 0 fully saturated rings. The van der Waals surface area contributed by atoms with Gasteiger partial charge in [0.25, 0.3) is 0 Å². The van der Waals surface area contributed by atoms with Gasteiger partial charge in [-0.2, -0.15) is 5.10 Å². The summed E-state index contributed by atoms with van der Waals surface area (Å²) in [5.41, 5.74) is 0.704. The standard InChI is InChI=1S/C12H14N4O3S/c1-2-16-4-3-8(15-16)5-10(17)13-6-11-14-9(7-20-11)12(18)19/h3-4,7H,2,5-6H2,1H3,(H,13,17)(H,18,19). The third kappa shape index (κ3) is 3.64. The van der Waals surface area contributed by atoms with Crippen molar-refractivity contribution in [3.63, 3.8) is 0 Å². The smallest absolute Gasteiger partial charge is 0.355 e. The summed E-state index contributed by atoms with van der Waals surface area (Å²) in [7, 11) is 0. The van der Waals surface area contributed by atoms with Crippen LogP contribution in [0.4, 0.5) is 0 Å². The van der Waals surface area contributed by atoms with E-state index in [9.17, 15) is 9.59 Å². The molecule has 0 saturated carbocycles. The Morgan fingerprint density at radius 2 is 2.30 bits per heavy atom. The average molecular weight is 294 g/mol. The van der Waals surface area contributed by atoms with Gasteiger partial charge in [0.2, 0.25) is 5.91 Å². The fraction of sp³-hybridized carbons (Fsp3) is 0.333. The number of carbonyl (C=O) groups excluding carboxylic acids is 1. The van der Waals surface area contributed by atoms with Crippen LogP contribution in [0.25, 0.3) is 0 Å². The highest BCUT2D eigenvalue weighted by molar-refractivity contribution is 7.09. The molecule has 0 aromatic carbocycles. The highest BCUT2D eigenvalue weighted by Gasteiger charge is 2.10. The SMILES string of the molecule is CCn1ccc(CC(=O)NCc2nc(C(=O)O)cs2)n1. The summed E-state index contributed by atoms with van der Waals surface area (Å²) < 4.78 is 1.75. The van der Waals surface area contributed by atoms with Crippen molar-refractivity contribution in [3.8, 4) is 0 Å². The van der Waals surface area contributed by atoms with Gasteiger partial charge in [0, 0.05) is 18.1 Å². The first-order valence-electron chi connectivity index (χ1n) is 6.05. The van der Waals surface area contributed by atoms with Crippen LogP contribution in [-0.2, 0) is 24.3 Å². The fourth-order valence-electron chi connectivity index (χ4n) is 1.57. The third-order valence-corrected chi connectivity index (χ3v) is 3.42. The lowest BCUT2D eigenvalue weighted by Crippen LogP contribution is -2.24. The van der Waals surface area contributed by atoms with Gasteiger partial charge in [0.1, 0.15) is 5.01 Å². The maximum absolute atomic E-state index is 11.7. The Hall–Kier alpha value is -2.22. The predicted octanol–water partition coefficient (Wildman–Crippen LogP) is 0.917. The lowest BCUT2D eigenvalue weighted by Gasteiger charge is -2.01. The molecule has 7 nitrogen and oxygen atoms in total. The van der Waals surface area contributed by atoms with Gasteiger partial charge in [-0.05, 0) is 13.0 Å². The summed E-state index contributed by atoms with van der Waals surface area (Å²) in [6.07, 6.45) is 2.02. The Morgan fingerprint density at radius 1 is 1.50 bits per heavy atom. The number of aryl methyl sites for hydroxylation is 1. The van der Waals surface area contributed by atoms with Crippen molar-refractivity contribution in [1.29, 1.82) is 0 Å². The number of aromatic carboxylic acids is 1. The fourth-order valence-corrected chi connectivity index (χ4v) is 2.27. The first-order chi connectivity index (χ1) is 9.58. The van der Waals surface area contributed by atoms with Crippen LogP contribution in [0.2, 0.25) is 0 Å². The zero-order valence-corrected chi connectivity index (χ0v) is 11.7. The molecule has 2 aromatic heterocycles. The number of amides is 1. The molecular formula is C12H14N4O3S. The first-order valence-corrected chi connectivity index (χ1v) is 6.93. The van der Waals surface area contributed by atoms with E-state index in [4.69, 9.17) is 5.11 Å². The quantitative estimate of drug-likeness (QED) is 0.825. The minimum atomic E-state index is -1.07. The zero-order chi connectivity index (χ0) is 14.5. The number of nitrogens with one attached hydrogen (secondary N) is 1. The molecule has 0 aliphatic carbocycles. The summed E-state index contributed by atoms with van der Waals surface area (Å²) in [4.78, 5) is 26.3. The summed E-state index contributed by atoms with van der Waals surface area (Å²) >= 11 is 1.21. The normalized spacial score (nSPS) is 10.4. The first kappa shape index (κ1) is 14.2. The van der Waals surface area contributed by atoms with E-state index in [0.29, 0.717) is 10.7 Å². The van der Waals surface area contributed by atoms with Crippen molar-refractivity contribution < 1.29 is 14.7 Å². The Bertz CT molecular complexity index is 620. The number of carboxylic acids is 1. The molecule has 0 radical (unpaired) electrons. The summed E-state index contributed by atoms with van der Waals surface area (Å²) in [6.45, 7) is 2.96. The van der Waals surface area contributed by atoms with Gasteiger partial charge < -0.3 is 10.4 Å². The minimum Gasteiger partial charge on any atom is -0.476 e. The second kappa shape index (κ2) is 6.29. The average Bonchev–Trinajstić information content (AvgIpc) is 3.05. The molecule has 0 aliphatic rings. The number of aromatic nitrogens is 3. The topological polar surface area (TPSA) is 97.1 Å².